The van der Waals surface area contributed by atoms with Gasteiger partial charge in [-0.2, -0.15) is 0 Å². The predicted octanol–water partition coefficient (Wildman–Crippen LogP) is 8.98. The van der Waals surface area contributed by atoms with Crippen LogP contribution in [0.4, 0.5) is 0 Å². The first-order valence-electron chi connectivity index (χ1n) is 24.2. The van der Waals surface area contributed by atoms with Gasteiger partial charge in [0.1, 0.15) is 11.5 Å². The Bertz CT molecular complexity index is 2060. The van der Waals surface area contributed by atoms with Crippen molar-refractivity contribution in [2.75, 3.05) is 93.8 Å². The fourth-order valence-electron chi connectivity index (χ4n) is 10.6. The van der Waals surface area contributed by atoms with Crippen molar-refractivity contribution in [1.82, 2.24) is 19.6 Å². The molecule has 4 fully saturated rings. The molecule has 0 aromatic heterocycles. The molecule has 0 spiro atoms. The van der Waals surface area contributed by atoms with Crippen molar-refractivity contribution in [2.24, 2.45) is 11.8 Å². The summed E-state index contributed by atoms with van der Waals surface area (Å²) in [7, 11) is 7.80. The second kappa shape index (κ2) is 23.3. The molecule has 2 heterocycles. The lowest BCUT2D eigenvalue weighted by molar-refractivity contribution is -0.00668. The van der Waals surface area contributed by atoms with E-state index in [9.17, 15) is 10.2 Å². The number of rotatable bonds is 12. The van der Waals surface area contributed by atoms with Crippen LogP contribution >= 0.6 is 0 Å². The molecule has 2 saturated heterocycles. The van der Waals surface area contributed by atoms with Gasteiger partial charge in [-0.15, -0.1) is 0 Å². The Morgan fingerprint density at radius 1 is 0.516 bits per heavy atom. The summed E-state index contributed by atoms with van der Waals surface area (Å²) in [6.07, 6.45) is 14.5. The highest BCUT2D eigenvalue weighted by Gasteiger charge is 2.43. The number of aliphatic hydroxyl groups is 2. The normalized spacial score (nSPS) is 26.7. The maximum absolute atomic E-state index is 12.5. The third-order valence-corrected chi connectivity index (χ3v) is 14.6. The monoisotopic (exact) mass is 869 g/mol. The minimum Gasteiger partial charge on any atom is -0.497 e. The Labute approximate surface area is 385 Å². The first-order chi connectivity index (χ1) is 31.1. The molecule has 2 N–H and O–H groups in total. The minimum absolute atomic E-state index is 0.217. The van der Waals surface area contributed by atoms with Crippen molar-refractivity contribution in [3.05, 3.63) is 143 Å². The van der Waals surface area contributed by atoms with Crippen molar-refractivity contribution < 1.29 is 19.7 Å². The van der Waals surface area contributed by atoms with E-state index >= 15 is 0 Å². The highest BCUT2D eigenvalue weighted by molar-refractivity contribution is 5.57. The number of likely N-dealkylation sites (N-methyl/N-ethyl adjacent to an activating group) is 2. The van der Waals surface area contributed by atoms with Gasteiger partial charge in [-0.3, -0.25) is 0 Å². The van der Waals surface area contributed by atoms with E-state index < -0.39 is 11.2 Å². The number of hydrogen-bond acceptors (Lipinski definition) is 8. The standard InChI is InChI=1S/2C28H38N2O2/c1-29-15-17-30(18-16-29)22-26-13-7-6-12-25(19-23-9-4-3-5-10-23)28(26,31)21-24-11-8-14-27(20-24)32-2;1-29-16-18-30(19-17-29)22-26-11-7-6-10-25(20-23-8-4-3-5-9-23)28(26,31)21-24-12-14-27(32-2)15-13-24/h3-5,8-11,14,19-20,26,31H,6-7,12-13,15-18,21-22H2,1-2H3;3-5,8-9,12-15,20,26,31H,6-7,10-11,16-19,21-22H2,1-2H3. The van der Waals surface area contributed by atoms with E-state index in [0.29, 0.717) is 12.8 Å². The fraction of sp³-hybridized carbons (Fsp3) is 0.500. The summed E-state index contributed by atoms with van der Waals surface area (Å²) in [6, 6.07) is 37.4. The van der Waals surface area contributed by atoms with E-state index in [1.165, 1.54) is 35.1 Å². The average molecular weight is 869 g/mol. The summed E-state index contributed by atoms with van der Waals surface area (Å²) >= 11 is 0. The van der Waals surface area contributed by atoms with E-state index in [0.717, 1.165) is 127 Å². The Kier molecular flexibility index (Phi) is 17.3. The molecule has 8 nitrogen and oxygen atoms in total. The van der Waals surface area contributed by atoms with Gasteiger partial charge < -0.3 is 39.3 Å². The highest BCUT2D eigenvalue weighted by atomic mass is 16.5. The van der Waals surface area contributed by atoms with Crippen LogP contribution < -0.4 is 9.47 Å². The predicted molar refractivity (Wildman–Crippen MR) is 264 cm³/mol. The third-order valence-electron chi connectivity index (χ3n) is 14.6. The molecule has 8 rings (SSSR count). The lowest BCUT2D eigenvalue weighted by Crippen LogP contribution is -2.51. The molecule has 0 bridgehead atoms. The quantitative estimate of drug-likeness (QED) is 0.137. The maximum Gasteiger partial charge on any atom is 0.119 e. The summed E-state index contributed by atoms with van der Waals surface area (Å²) in [5.41, 5.74) is 5.32. The molecule has 4 aromatic rings. The van der Waals surface area contributed by atoms with Crippen LogP contribution in [0, 0.1) is 11.8 Å². The Morgan fingerprint density at radius 2 is 0.969 bits per heavy atom. The SMILES string of the molecule is COc1ccc(CC2(O)C(=Cc3ccccc3)CCCCC2CN2CCN(C)CC2)cc1.COc1cccc(CC2(O)C(=Cc3ccccc3)CCCCC2CN2CCN(C)CC2)c1. The van der Waals surface area contributed by atoms with Gasteiger partial charge in [0.2, 0.25) is 0 Å². The molecule has 64 heavy (non-hydrogen) atoms. The van der Waals surface area contributed by atoms with Crippen LogP contribution in [-0.2, 0) is 12.8 Å². The van der Waals surface area contributed by atoms with Crippen LogP contribution in [-0.4, -0.2) is 135 Å². The van der Waals surface area contributed by atoms with E-state index in [1.54, 1.807) is 14.2 Å². The number of ether oxygens (including phenoxy) is 2. The van der Waals surface area contributed by atoms with Gasteiger partial charge in [-0.05, 0) is 110 Å². The van der Waals surface area contributed by atoms with Gasteiger partial charge >= 0.3 is 0 Å². The molecule has 2 saturated carbocycles. The molecule has 0 radical (unpaired) electrons. The van der Waals surface area contributed by atoms with E-state index in [2.05, 4.69) is 125 Å². The van der Waals surface area contributed by atoms with Gasteiger partial charge in [-0.25, -0.2) is 0 Å². The van der Waals surface area contributed by atoms with Gasteiger partial charge in [0.05, 0.1) is 25.4 Å². The Balaban J connectivity index is 0.000000191. The minimum atomic E-state index is -0.859. The molecule has 4 atom stereocenters. The zero-order valence-electron chi connectivity index (χ0n) is 39.3. The summed E-state index contributed by atoms with van der Waals surface area (Å²) in [5, 5.41) is 24.9. The lowest BCUT2D eigenvalue weighted by atomic mass is 9.74. The van der Waals surface area contributed by atoms with Crippen LogP contribution in [0.15, 0.2) is 120 Å². The number of nitrogens with zero attached hydrogens (tertiary/aromatic N) is 4. The fourth-order valence-corrected chi connectivity index (χ4v) is 10.6. The first kappa shape index (κ1) is 47.7. The summed E-state index contributed by atoms with van der Waals surface area (Å²) in [4.78, 5) is 9.92. The topological polar surface area (TPSA) is 71.9 Å². The van der Waals surface area contributed by atoms with Crippen molar-refractivity contribution in [3.63, 3.8) is 0 Å². The third kappa shape index (κ3) is 13.0. The van der Waals surface area contributed by atoms with Crippen LogP contribution in [0.1, 0.15) is 73.6 Å². The molecule has 2 aliphatic heterocycles. The van der Waals surface area contributed by atoms with E-state index in [1.807, 2.05) is 30.3 Å². The van der Waals surface area contributed by atoms with Crippen molar-refractivity contribution >= 4 is 12.2 Å². The Morgan fingerprint density at radius 3 is 1.42 bits per heavy atom. The van der Waals surface area contributed by atoms with Gasteiger partial charge in [0.25, 0.3) is 0 Å². The number of methoxy groups -OCH3 is 2. The molecule has 4 aliphatic rings. The summed E-state index contributed by atoms with van der Waals surface area (Å²) < 4.78 is 10.8. The van der Waals surface area contributed by atoms with Crippen molar-refractivity contribution in [1.29, 1.82) is 0 Å². The molecule has 4 aromatic carbocycles. The second-order valence-corrected chi connectivity index (χ2v) is 19.2. The van der Waals surface area contributed by atoms with E-state index in [-0.39, 0.29) is 11.8 Å². The number of benzene rings is 4. The summed E-state index contributed by atoms with van der Waals surface area (Å²) in [5.74, 6) is 2.15. The smallest absolute Gasteiger partial charge is 0.119 e. The van der Waals surface area contributed by atoms with Crippen LogP contribution in [0.5, 0.6) is 11.5 Å². The lowest BCUT2D eigenvalue weighted by Gasteiger charge is -2.42. The largest absolute Gasteiger partial charge is 0.497 e. The van der Waals surface area contributed by atoms with Crippen molar-refractivity contribution in [2.45, 2.75) is 75.4 Å². The molecule has 0 amide bonds. The van der Waals surface area contributed by atoms with Crippen LogP contribution in [0.3, 0.4) is 0 Å². The maximum atomic E-state index is 12.5. The van der Waals surface area contributed by atoms with Crippen LogP contribution in [0.2, 0.25) is 0 Å². The molecular formula is C56H76N4O4. The molecule has 8 heteroatoms. The summed E-state index contributed by atoms with van der Waals surface area (Å²) in [6.45, 7) is 10.7. The average Bonchev–Trinajstić information content (AvgIpc) is 3.55. The van der Waals surface area contributed by atoms with Gasteiger partial charge in [0, 0.05) is 90.1 Å². The molecule has 2 aliphatic carbocycles. The Hall–Kier alpha value is -4.28. The zero-order chi connectivity index (χ0) is 44.8. The molecule has 344 valence electrons. The number of hydrogen-bond donors (Lipinski definition) is 2. The second-order valence-electron chi connectivity index (χ2n) is 19.2. The van der Waals surface area contributed by atoms with Gasteiger partial charge in [-0.1, -0.05) is 110 Å². The van der Waals surface area contributed by atoms with E-state index in [4.69, 9.17) is 9.47 Å². The highest BCUT2D eigenvalue weighted by Crippen LogP contribution is 2.43. The molecule has 4 unspecified atom stereocenters. The number of piperazine rings is 2. The molecular weight excluding hydrogens is 793 g/mol. The van der Waals surface area contributed by atoms with Crippen LogP contribution in [0.25, 0.3) is 12.2 Å². The zero-order valence-corrected chi connectivity index (χ0v) is 39.3. The van der Waals surface area contributed by atoms with Crippen molar-refractivity contribution in [3.8, 4) is 11.5 Å². The van der Waals surface area contributed by atoms with Gasteiger partial charge in [0.15, 0.2) is 0 Å². The first-order valence-corrected chi connectivity index (χ1v) is 24.2.